The Kier molecular flexibility index (Phi) is 6.16. The highest BCUT2D eigenvalue weighted by molar-refractivity contribution is 5.74. The van der Waals surface area contributed by atoms with Crippen molar-refractivity contribution in [2.24, 2.45) is 0 Å². The first-order valence-corrected chi connectivity index (χ1v) is 9.34. The maximum absolute atomic E-state index is 14.1. The van der Waals surface area contributed by atoms with Crippen molar-refractivity contribution in [2.45, 2.75) is 32.2 Å². The van der Waals surface area contributed by atoms with Crippen molar-refractivity contribution in [1.82, 2.24) is 10.6 Å². The van der Waals surface area contributed by atoms with Gasteiger partial charge in [-0.3, -0.25) is 0 Å². The molecular formula is C21H26FN3O2. The summed E-state index contributed by atoms with van der Waals surface area (Å²) in [6.45, 7) is 3.82. The van der Waals surface area contributed by atoms with E-state index in [4.69, 9.17) is 0 Å². The number of carbonyl (C=O) groups is 1. The van der Waals surface area contributed by atoms with E-state index in [0.29, 0.717) is 25.2 Å². The summed E-state index contributed by atoms with van der Waals surface area (Å²) < 4.78 is 14.1. The Hall–Kier alpha value is -2.76. The van der Waals surface area contributed by atoms with E-state index in [1.165, 1.54) is 6.07 Å². The van der Waals surface area contributed by atoms with E-state index in [-0.39, 0.29) is 23.6 Å². The molecule has 1 heterocycles. The highest BCUT2D eigenvalue weighted by Crippen LogP contribution is 2.24. The lowest BCUT2D eigenvalue weighted by Crippen LogP contribution is -2.51. The Balaban J connectivity index is 1.48. The molecule has 3 rings (SSSR count). The van der Waals surface area contributed by atoms with Crippen LogP contribution in [0.3, 0.4) is 0 Å². The van der Waals surface area contributed by atoms with Gasteiger partial charge in [-0.2, -0.15) is 0 Å². The first-order chi connectivity index (χ1) is 13.0. The summed E-state index contributed by atoms with van der Waals surface area (Å²) in [4.78, 5) is 14.2. The number of hydrogen-bond acceptors (Lipinski definition) is 3. The fourth-order valence-corrected chi connectivity index (χ4v) is 3.45. The zero-order valence-corrected chi connectivity index (χ0v) is 15.5. The van der Waals surface area contributed by atoms with Gasteiger partial charge in [-0.1, -0.05) is 18.2 Å². The average molecular weight is 371 g/mol. The summed E-state index contributed by atoms with van der Waals surface area (Å²) in [6.07, 6.45) is 2.43. The number of rotatable bonds is 5. The quantitative estimate of drug-likeness (QED) is 0.755. The van der Waals surface area contributed by atoms with Gasteiger partial charge in [0.25, 0.3) is 0 Å². The number of benzene rings is 2. The SMILES string of the molecule is Cc1ccc(F)c(N2CCCC(NC(=O)NCCc3cccc(O)c3)C2)c1. The monoisotopic (exact) mass is 371 g/mol. The van der Waals surface area contributed by atoms with E-state index in [1.807, 2.05) is 24.0 Å². The molecule has 0 aromatic heterocycles. The van der Waals surface area contributed by atoms with Gasteiger partial charge in [0.2, 0.25) is 0 Å². The van der Waals surface area contributed by atoms with Crippen LogP contribution >= 0.6 is 0 Å². The van der Waals surface area contributed by atoms with Crippen molar-refractivity contribution < 1.29 is 14.3 Å². The topological polar surface area (TPSA) is 64.6 Å². The number of phenols is 1. The first kappa shape index (κ1) is 19.0. The van der Waals surface area contributed by atoms with Crippen molar-refractivity contribution >= 4 is 11.7 Å². The lowest BCUT2D eigenvalue weighted by molar-refractivity contribution is 0.235. The van der Waals surface area contributed by atoms with Gasteiger partial charge >= 0.3 is 6.03 Å². The first-order valence-electron chi connectivity index (χ1n) is 9.34. The van der Waals surface area contributed by atoms with Gasteiger partial charge in [-0.05, 0) is 61.6 Å². The number of piperidine rings is 1. The number of halogens is 1. The zero-order chi connectivity index (χ0) is 19.2. The molecule has 3 N–H and O–H groups in total. The molecule has 0 spiro atoms. The molecule has 0 saturated carbocycles. The summed E-state index contributed by atoms with van der Waals surface area (Å²) in [6, 6.07) is 11.9. The van der Waals surface area contributed by atoms with Crippen molar-refractivity contribution in [3.63, 3.8) is 0 Å². The summed E-state index contributed by atoms with van der Waals surface area (Å²) in [5.41, 5.74) is 2.59. The Morgan fingerprint density at radius 2 is 2.15 bits per heavy atom. The Morgan fingerprint density at radius 1 is 1.30 bits per heavy atom. The molecule has 2 amide bonds. The Bertz CT molecular complexity index is 797. The van der Waals surface area contributed by atoms with Gasteiger partial charge in [0.15, 0.2) is 0 Å². The summed E-state index contributed by atoms with van der Waals surface area (Å²) in [5.74, 6) is -0.000514. The van der Waals surface area contributed by atoms with Gasteiger partial charge in [0.1, 0.15) is 11.6 Å². The standard InChI is InChI=1S/C21H26FN3O2/c1-15-7-8-19(22)20(12-15)25-11-3-5-17(14-25)24-21(27)23-10-9-16-4-2-6-18(26)13-16/h2,4,6-8,12-13,17,26H,3,5,9-11,14H2,1H3,(H2,23,24,27). The van der Waals surface area contributed by atoms with E-state index < -0.39 is 0 Å². The lowest BCUT2D eigenvalue weighted by atomic mass is 10.0. The largest absolute Gasteiger partial charge is 0.508 e. The number of amides is 2. The predicted molar refractivity (Wildman–Crippen MR) is 105 cm³/mol. The minimum Gasteiger partial charge on any atom is -0.508 e. The van der Waals surface area contributed by atoms with E-state index in [1.54, 1.807) is 24.3 Å². The molecule has 5 nitrogen and oxygen atoms in total. The molecule has 1 unspecified atom stereocenters. The maximum Gasteiger partial charge on any atom is 0.315 e. The fraction of sp³-hybridized carbons (Fsp3) is 0.381. The van der Waals surface area contributed by atoms with Gasteiger partial charge in [-0.15, -0.1) is 0 Å². The Morgan fingerprint density at radius 3 is 2.96 bits per heavy atom. The number of nitrogens with zero attached hydrogens (tertiary/aromatic N) is 1. The second kappa shape index (κ2) is 8.75. The van der Waals surface area contributed by atoms with Crippen LogP contribution in [-0.4, -0.2) is 36.8 Å². The third kappa shape index (κ3) is 5.36. The van der Waals surface area contributed by atoms with Crippen molar-refractivity contribution in [2.75, 3.05) is 24.5 Å². The van der Waals surface area contributed by atoms with Crippen LogP contribution in [0.4, 0.5) is 14.9 Å². The van der Waals surface area contributed by atoms with Crippen molar-refractivity contribution in [3.05, 3.63) is 59.4 Å². The maximum atomic E-state index is 14.1. The predicted octanol–water partition coefficient (Wildman–Crippen LogP) is 3.35. The number of aryl methyl sites for hydroxylation is 1. The highest BCUT2D eigenvalue weighted by atomic mass is 19.1. The molecule has 2 aromatic rings. The molecule has 1 saturated heterocycles. The van der Waals surface area contributed by atoms with E-state index in [9.17, 15) is 14.3 Å². The number of hydrogen-bond donors (Lipinski definition) is 3. The summed E-state index contributed by atoms with van der Waals surface area (Å²) in [7, 11) is 0. The second-order valence-corrected chi connectivity index (χ2v) is 7.06. The normalized spacial score (nSPS) is 16.8. The van der Waals surface area contributed by atoms with Crippen molar-refractivity contribution in [3.8, 4) is 5.75 Å². The molecule has 0 aliphatic carbocycles. The van der Waals surface area contributed by atoms with Gasteiger partial charge in [-0.25, -0.2) is 9.18 Å². The van der Waals surface area contributed by atoms with E-state index in [0.717, 1.165) is 30.5 Å². The average Bonchev–Trinajstić information content (AvgIpc) is 2.64. The minimum atomic E-state index is -0.225. The van der Waals surface area contributed by atoms with E-state index >= 15 is 0 Å². The highest BCUT2D eigenvalue weighted by Gasteiger charge is 2.23. The van der Waals surface area contributed by atoms with Crippen LogP contribution in [-0.2, 0) is 6.42 Å². The van der Waals surface area contributed by atoms with Crippen LogP contribution in [0.1, 0.15) is 24.0 Å². The number of anilines is 1. The van der Waals surface area contributed by atoms with Gasteiger partial charge < -0.3 is 20.6 Å². The van der Waals surface area contributed by atoms with Crippen LogP contribution in [0, 0.1) is 12.7 Å². The van der Waals surface area contributed by atoms with E-state index in [2.05, 4.69) is 10.6 Å². The molecule has 1 fully saturated rings. The summed E-state index contributed by atoms with van der Waals surface area (Å²) in [5, 5.41) is 15.3. The summed E-state index contributed by atoms with van der Waals surface area (Å²) >= 11 is 0. The number of nitrogens with one attached hydrogen (secondary N) is 2. The third-order valence-corrected chi connectivity index (χ3v) is 4.81. The molecule has 0 bridgehead atoms. The number of carbonyl (C=O) groups excluding carboxylic acids is 1. The lowest BCUT2D eigenvalue weighted by Gasteiger charge is -2.35. The van der Waals surface area contributed by atoms with Crippen LogP contribution < -0.4 is 15.5 Å². The zero-order valence-electron chi connectivity index (χ0n) is 15.5. The fourth-order valence-electron chi connectivity index (χ4n) is 3.45. The van der Waals surface area contributed by atoms with Gasteiger partial charge in [0, 0.05) is 25.7 Å². The number of aromatic hydroxyl groups is 1. The third-order valence-electron chi connectivity index (χ3n) is 4.81. The molecule has 27 heavy (non-hydrogen) atoms. The molecule has 1 atom stereocenters. The van der Waals surface area contributed by atoms with Gasteiger partial charge in [0.05, 0.1) is 5.69 Å². The van der Waals surface area contributed by atoms with Crippen LogP contribution in [0.2, 0.25) is 0 Å². The molecule has 144 valence electrons. The smallest absolute Gasteiger partial charge is 0.315 e. The molecule has 1 aliphatic heterocycles. The minimum absolute atomic E-state index is 0.0144. The number of urea groups is 1. The Labute approximate surface area is 159 Å². The van der Waals surface area contributed by atoms with Crippen molar-refractivity contribution in [1.29, 1.82) is 0 Å². The number of phenolic OH excluding ortho intramolecular Hbond substituents is 1. The second-order valence-electron chi connectivity index (χ2n) is 7.06. The van der Waals surface area contributed by atoms with Crippen LogP contribution in [0.15, 0.2) is 42.5 Å². The molecule has 2 aromatic carbocycles. The molecule has 0 radical (unpaired) electrons. The van der Waals surface area contributed by atoms with Crippen LogP contribution in [0.5, 0.6) is 5.75 Å². The molecule has 6 heteroatoms. The molecular weight excluding hydrogens is 345 g/mol. The van der Waals surface area contributed by atoms with Crippen LogP contribution in [0.25, 0.3) is 0 Å². The molecule has 1 aliphatic rings.